The van der Waals surface area contributed by atoms with Crippen LogP contribution in [0.25, 0.3) is 0 Å². The maximum Gasteiger partial charge on any atom is 0.418 e. The molecule has 0 aliphatic heterocycles. The summed E-state index contributed by atoms with van der Waals surface area (Å²) in [6.07, 6.45) is -5.95. The van der Waals surface area contributed by atoms with Gasteiger partial charge in [0.1, 0.15) is 0 Å². The van der Waals surface area contributed by atoms with Crippen LogP contribution >= 0.6 is 0 Å². The van der Waals surface area contributed by atoms with Gasteiger partial charge in [0.25, 0.3) is 0 Å². The number of aryl methyl sites for hydroxylation is 1. The number of nitrogens with one attached hydrogen (secondary N) is 1. The highest BCUT2D eigenvalue weighted by Crippen LogP contribution is 2.38. The molecule has 0 spiro atoms. The monoisotopic (exact) mass is 367 g/mol. The Morgan fingerprint density at radius 1 is 1.21 bits per heavy atom. The SMILES string of the molecule is COC(=O)C(CC(C)C)(NS(=O)(=O)c1ccc(C)cc1)C(F)(F)F. The molecule has 24 heavy (non-hydrogen) atoms. The number of rotatable bonds is 6. The predicted octanol–water partition coefficient (Wildman–Crippen LogP) is 2.79. The third-order valence-electron chi connectivity index (χ3n) is 3.37. The molecule has 1 aromatic rings. The smallest absolute Gasteiger partial charge is 0.418 e. The molecule has 1 aromatic carbocycles. The first kappa shape index (κ1) is 20.4. The molecular weight excluding hydrogens is 347 g/mol. The number of sulfonamides is 1. The zero-order valence-electron chi connectivity index (χ0n) is 13.8. The van der Waals surface area contributed by atoms with Gasteiger partial charge in [-0.15, -0.1) is 0 Å². The summed E-state index contributed by atoms with van der Waals surface area (Å²) < 4.78 is 71.5. The molecule has 0 saturated heterocycles. The average molecular weight is 367 g/mol. The molecule has 9 heteroatoms. The highest BCUT2D eigenvalue weighted by atomic mass is 32.2. The number of halogens is 3. The molecule has 0 aliphatic rings. The molecule has 1 unspecified atom stereocenters. The van der Waals surface area contributed by atoms with E-state index >= 15 is 0 Å². The topological polar surface area (TPSA) is 72.5 Å². The summed E-state index contributed by atoms with van der Waals surface area (Å²) in [5.41, 5.74) is -2.61. The van der Waals surface area contributed by atoms with Crippen molar-refractivity contribution in [2.75, 3.05) is 7.11 Å². The molecule has 0 fully saturated rings. The molecule has 1 rings (SSSR count). The fourth-order valence-electron chi connectivity index (χ4n) is 2.25. The molecule has 0 amide bonds. The van der Waals surface area contributed by atoms with Crippen LogP contribution in [0.5, 0.6) is 0 Å². The van der Waals surface area contributed by atoms with Crippen LogP contribution in [0, 0.1) is 12.8 Å². The minimum atomic E-state index is -5.16. The average Bonchev–Trinajstić information content (AvgIpc) is 2.44. The van der Waals surface area contributed by atoms with Gasteiger partial charge in [-0.2, -0.15) is 17.9 Å². The third-order valence-corrected chi connectivity index (χ3v) is 4.88. The molecular formula is C15H20F3NO4S. The molecule has 1 atom stereocenters. The van der Waals surface area contributed by atoms with Crippen LogP contribution in [-0.4, -0.2) is 33.2 Å². The Balaban J connectivity index is 3.44. The number of alkyl halides is 3. The van der Waals surface area contributed by atoms with Gasteiger partial charge < -0.3 is 4.74 Å². The van der Waals surface area contributed by atoms with E-state index in [2.05, 4.69) is 4.74 Å². The van der Waals surface area contributed by atoms with Gasteiger partial charge in [-0.1, -0.05) is 31.5 Å². The van der Waals surface area contributed by atoms with E-state index in [0.29, 0.717) is 0 Å². The van der Waals surface area contributed by atoms with E-state index in [-0.39, 0.29) is 4.90 Å². The lowest BCUT2D eigenvalue weighted by Crippen LogP contribution is -2.64. The highest BCUT2D eigenvalue weighted by Gasteiger charge is 2.63. The Bertz CT molecular complexity index is 684. The van der Waals surface area contributed by atoms with Crippen LogP contribution in [-0.2, 0) is 19.6 Å². The van der Waals surface area contributed by atoms with Gasteiger partial charge in [0.15, 0.2) is 0 Å². The molecule has 1 N–H and O–H groups in total. The van der Waals surface area contributed by atoms with E-state index in [1.807, 2.05) is 0 Å². The zero-order valence-corrected chi connectivity index (χ0v) is 14.6. The van der Waals surface area contributed by atoms with Crippen molar-refractivity contribution in [3.8, 4) is 0 Å². The first-order valence-electron chi connectivity index (χ1n) is 7.11. The minimum Gasteiger partial charge on any atom is -0.467 e. The Kier molecular flexibility index (Phi) is 6.05. The van der Waals surface area contributed by atoms with Gasteiger partial charge >= 0.3 is 12.1 Å². The van der Waals surface area contributed by atoms with Crippen LogP contribution in [0.2, 0.25) is 0 Å². The maximum atomic E-state index is 13.7. The van der Waals surface area contributed by atoms with E-state index in [1.54, 1.807) is 6.92 Å². The first-order valence-corrected chi connectivity index (χ1v) is 8.60. The summed E-state index contributed by atoms with van der Waals surface area (Å²) in [6.45, 7) is 4.60. The van der Waals surface area contributed by atoms with Crippen molar-refractivity contribution < 1.29 is 31.1 Å². The lowest BCUT2D eigenvalue weighted by atomic mass is 9.89. The maximum absolute atomic E-state index is 13.7. The molecule has 136 valence electrons. The molecule has 0 bridgehead atoms. The van der Waals surface area contributed by atoms with Gasteiger partial charge in [-0.25, -0.2) is 13.2 Å². The van der Waals surface area contributed by atoms with Crippen LogP contribution in [0.15, 0.2) is 29.2 Å². The van der Waals surface area contributed by atoms with Gasteiger partial charge in [0.05, 0.1) is 12.0 Å². The standard InChI is InChI=1S/C15H20F3NO4S/c1-10(2)9-14(13(20)23-4,15(16,17)18)19-24(21,22)12-7-5-11(3)6-8-12/h5-8,10,19H,9H2,1-4H3. The lowest BCUT2D eigenvalue weighted by Gasteiger charge is -2.34. The van der Waals surface area contributed by atoms with Crippen LogP contribution in [0.1, 0.15) is 25.8 Å². The molecule has 0 radical (unpaired) electrons. The number of carbonyl (C=O) groups excluding carboxylic acids is 1. The number of hydrogen-bond acceptors (Lipinski definition) is 4. The van der Waals surface area contributed by atoms with Crippen LogP contribution in [0.4, 0.5) is 13.2 Å². The fraction of sp³-hybridized carbons (Fsp3) is 0.533. The van der Waals surface area contributed by atoms with Crippen molar-refractivity contribution in [2.24, 2.45) is 5.92 Å². The summed E-state index contributed by atoms with van der Waals surface area (Å²) >= 11 is 0. The number of hydrogen-bond donors (Lipinski definition) is 1. The summed E-state index contributed by atoms with van der Waals surface area (Å²) in [7, 11) is -3.81. The minimum absolute atomic E-state index is 0.366. The molecule has 0 aliphatic carbocycles. The third kappa shape index (κ3) is 4.27. The van der Waals surface area contributed by atoms with E-state index in [0.717, 1.165) is 12.7 Å². The predicted molar refractivity (Wildman–Crippen MR) is 81.8 cm³/mol. The van der Waals surface area contributed by atoms with E-state index in [4.69, 9.17) is 0 Å². The van der Waals surface area contributed by atoms with Crippen molar-refractivity contribution in [1.29, 1.82) is 0 Å². The van der Waals surface area contributed by atoms with E-state index in [1.165, 1.54) is 42.8 Å². The summed E-state index contributed by atoms with van der Waals surface area (Å²) in [5, 5.41) is 0. The summed E-state index contributed by atoms with van der Waals surface area (Å²) in [4.78, 5) is 11.5. The first-order chi connectivity index (χ1) is 10.9. The number of benzene rings is 1. The summed E-state index contributed by atoms with van der Waals surface area (Å²) in [6, 6.07) is 5.24. The van der Waals surface area contributed by atoms with Crippen LogP contribution in [0.3, 0.4) is 0 Å². The Morgan fingerprint density at radius 3 is 2.08 bits per heavy atom. The second-order valence-corrected chi connectivity index (χ2v) is 7.59. The van der Waals surface area contributed by atoms with Crippen molar-refractivity contribution in [2.45, 2.75) is 43.8 Å². The van der Waals surface area contributed by atoms with Gasteiger partial charge in [-0.3, -0.25) is 0 Å². The number of ether oxygens (including phenoxy) is 1. The second-order valence-electron chi connectivity index (χ2n) is 5.91. The molecule has 0 saturated carbocycles. The van der Waals surface area contributed by atoms with Crippen molar-refractivity contribution in [3.63, 3.8) is 0 Å². The molecule has 5 nitrogen and oxygen atoms in total. The van der Waals surface area contributed by atoms with Gasteiger partial charge in [-0.05, 0) is 31.4 Å². The number of methoxy groups -OCH3 is 1. The second kappa shape index (κ2) is 7.10. The Labute approximate surface area is 139 Å². The largest absolute Gasteiger partial charge is 0.467 e. The summed E-state index contributed by atoms with van der Waals surface area (Å²) in [5.74, 6) is -2.31. The van der Waals surface area contributed by atoms with Gasteiger partial charge in [0, 0.05) is 0 Å². The number of esters is 1. The van der Waals surface area contributed by atoms with Crippen LogP contribution < -0.4 is 4.72 Å². The van der Waals surface area contributed by atoms with Gasteiger partial charge in [0.2, 0.25) is 15.6 Å². The number of carbonyl (C=O) groups is 1. The zero-order chi connectivity index (χ0) is 18.8. The van der Waals surface area contributed by atoms with Crippen molar-refractivity contribution >= 4 is 16.0 Å². The highest BCUT2D eigenvalue weighted by molar-refractivity contribution is 7.89. The van der Waals surface area contributed by atoms with Crippen molar-refractivity contribution in [1.82, 2.24) is 4.72 Å². The molecule has 0 aromatic heterocycles. The van der Waals surface area contributed by atoms with E-state index < -0.39 is 40.0 Å². The lowest BCUT2D eigenvalue weighted by molar-refractivity contribution is -0.211. The quantitative estimate of drug-likeness (QED) is 0.785. The normalized spacial score (nSPS) is 15.2. The Morgan fingerprint density at radius 2 is 1.71 bits per heavy atom. The molecule has 0 heterocycles. The van der Waals surface area contributed by atoms with Crippen molar-refractivity contribution in [3.05, 3.63) is 29.8 Å². The van der Waals surface area contributed by atoms with E-state index in [9.17, 15) is 26.4 Å². The fourth-order valence-corrected chi connectivity index (χ4v) is 3.60. The Hall–Kier alpha value is -1.61.